The summed E-state index contributed by atoms with van der Waals surface area (Å²) in [6, 6.07) is 59.0. The summed E-state index contributed by atoms with van der Waals surface area (Å²) in [5.74, 6) is 0.644. The van der Waals surface area contributed by atoms with E-state index in [-0.39, 0.29) is 5.84 Å². The van der Waals surface area contributed by atoms with Crippen molar-refractivity contribution >= 4 is 28.7 Å². The van der Waals surface area contributed by atoms with Gasteiger partial charge in [-0.2, -0.15) is 5.26 Å². The standard InChI is InChI=1S/C44H30N4/c45-29-31-15-19-33(20-16-31)34-23-25-37(26-24-34)42-40-14-8-7-9-35(40)27-28-41(42)36-21-17-32(18-22-36)30-47-44(39-12-5-2-6-13-39)48-43(46)38-10-3-1-4-11-38/h1-28,30,46H. The second kappa shape index (κ2) is 13.7. The van der Waals surface area contributed by atoms with Crippen LogP contribution in [0.25, 0.3) is 44.2 Å². The van der Waals surface area contributed by atoms with E-state index in [4.69, 9.17) is 10.4 Å². The third kappa shape index (κ3) is 6.48. The van der Waals surface area contributed by atoms with Gasteiger partial charge in [-0.15, -0.1) is 0 Å². The van der Waals surface area contributed by atoms with Gasteiger partial charge >= 0.3 is 0 Å². The quantitative estimate of drug-likeness (QED) is 0.147. The molecule has 48 heavy (non-hydrogen) atoms. The number of nitriles is 1. The van der Waals surface area contributed by atoms with Gasteiger partial charge in [0.15, 0.2) is 11.7 Å². The van der Waals surface area contributed by atoms with Crippen molar-refractivity contribution in [3.8, 4) is 39.4 Å². The number of amidine groups is 2. The third-order valence-electron chi connectivity index (χ3n) is 8.30. The number of hydrogen-bond donors (Lipinski definition) is 1. The van der Waals surface area contributed by atoms with Gasteiger partial charge in [0.25, 0.3) is 0 Å². The van der Waals surface area contributed by atoms with Gasteiger partial charge in [-0.1, -0.05) is 158 Å². The van der Waals surface area contributed by atoms with E-state index in [1.54, 1.807) is 6.21 Å². The fourth-order valence-corrected chi connectivity index (χ4v) is 5.80. The lowest BCUT2D eigenvalue weighted by atomic mass is 9.89. The van der Waals surface area contributed by atoms with Crippen molar-refractivity contribution in [2.24, 2.45) is 9.98 Å². The number of rotatable bonds is 6. The summed E-state index contributed by atoms with van der Waals surface area (Å²) in [4.78, 5) is 9.34. The highest BCUT2D eigenvalue weighted by atomic mass is 14.9. The maximum atomic E-state index is 9.17. The van der Waals surface area contributed by atoms with E-state index in [0.717, 1.165) is 44.5 Å². The highest BCUT2D eigenvalue weighted by Crippen LogP contribution is 2.39. The lowest BCUT2D eigenvalue weighted by Gasteiger charge is -2.15. The molecule has 0 fully saturated rings. The molecule has 0 unspecified atom stereocenters. The minimum absolute atomic E-state index is 0.163. The molecule has 0 aromatic heterocycles. The molecule has 0 aliphatic carbocycles. The van der Waals surface area contributed by atoms with Crippen molar-refractivity contribution in [1.29, 1.82) is 10.7 Å². The Morgan fingerprint density at radius 2 is 1.10 bits per heavy atom. The number of nitrogens with zero attached hydrogens (tertiary/aromatic N) is 3. The molecule has 0 radical (unpaired) electrons. The molecule has 0 aliphatic rings. The molecule has 0 spiro atoms. The zero-order chi connectivity index (χ0) is 32.7. The summed E-state index contributed by atoms with van der Waals surface area (Å²) in [6.07, 6.45) is 1.80. The number of fused-ring (bicyclic) bond motifs is 1. The molecule has 0 atom stereocenters. The van der Waals surface area contributed by atoms with E-state index in [1.807, 2.05) is 84.9 Å². The van der Waals surface area contributed by atoms with Gasteiger partial charge in [0.05, 0.1) is 11.6 Å². The summed E-state index contributed by atoms with van der Waals surface area (Å²) < 4.78 is 0. The summed E-state index contributed by atoms with van der Waals surface area (Å²) in [5.41, 5.74) is 9.91. The minimum atomic E-state index is 0.163. The first kappa shape index (κ1) is 30.0. The van der Waals surface area contributed by atoms with E-state index in [9.17, 15) is 5.26 Å². The maximum Gasteiger partial charge on any atom is 0.161 e. The molecule has 0 saturated heterocycles. The van der Waals surface area contributed by atoms with Crippen LogP contribution in [0.4, 0.5) is 0 Å². The van der Waals surface area contributed by atoms with Crippen molar-refractivity contribution < 1.29 is 0 Å². The second-order valence-corrected chi connectivity index (χ2v) is 11.4. The van der Waals surface area contributed by atoms with E-state index in [1.165, 1.54) is 16.3 Å². The number of benzene rings is 7. The zero-order valence-corrected chi connectivity index (χ0v) is 26.1. The van der Waals surface area contributed by atoms with Crippen molar-refractivity contribution in [3.63, 3.8) is 0 Å². The van der Waals surface area contributed by atoms with E-state index >= 15 is 0 Å². The fraction of sp³-hybridized carbons (Fsp3) is 0. The molecule has 226 valence electrons. The Labute approximate surface area is 280 Å². The van der Waals surface area contributed by atoms with Gasteiger partial charge in [0.2, 0.25) is 0 Å². The van der Waals surface area contributed by atoms with Crippen molar-refractivity contribution in [2.75, 3.05) is 0 Å². The highest BCUT2D eigenvalue weighted by Gasteiger charge is 2.13. The first-order valence-corrected chi connectivity index (χ1v) is 15.7. The first-order valence-electron chi connectivity index (χ1n) is 15.7. The Morgan fingerprint density at radius 3 is 1.77 bits per heavy atom. The molecule has 7 rings (SSSR count). The van der Waals surface area contributed by atoms with Gasteiger partial charge in [-0.25, -0.2) is 9.98 Å². The molecule has 4 nitrogen and oxygen atoms in total. The number of hydrogen-bond acceptors (Lipinski definition) is 2. The minimum Gasteiger partial charge on any atom is -0.282 e. The molecule has 7 aromatic rings. The van der Waals surface area contributed by atoms with Crippen LogP contribution in [0.15, 0.2) is 180 Å². The Bertz CT molecular complexity index is 2310. The van der Waals surface area contributed by atoms with Gasteiger partial charge in [0.1, 0.15) is 0 Å². The van der Waals surface area contributed by atoms with Crippen LogP contribution in [0.5, 0.6) is 0 Å². The van der Waals surface area contributed by atoms with Crippen molar-refractivity contribution in [3.05, 3.63) is 192 Å². The fourth-order valence-electron chi connectivity index (χ4n) is 5.80. The second-order valence-electron chi connectivity index (χ2n) is 11.4. The topological polar surface area (TPSA) is 72.4 Å². The van der Waals surface area contributed by atoms with Crippen LogP contribution < -0.4 is 0 Å². The Balaban J connectivity index is 1.22. The lowest BCUT2D eigenvalue weighted by molar-refractivity contribution is 1.40. The zero-order valence-electron chi connectivity index (χ0n) is 26.1. The van der Waals surface area contributed by atoms with Crippen LogP contribution in [0.1, 0.15) is 22.3 Å². The van der Waals surface area contributed by atoms with Gasteiger partial charge in [0, 0.05) is 17.3 Å². The summed E-state index contributed by atoms with van der Waals surface area (Å²) in [5, 5.41) is 20.1. The molecule has 0 saturated carbocycles. The van der Waals surface area contributed by atoms with Crippen LogP contribution in [0.2, 0.25) is 0 Å². The molecule has 1 N–H and O–H groups in total. The summed E-state index contributed by atoms with van der Waals surface area (Å²) in [7, 11) is 0. The summed E-state index contributed by atoms with van der Waals surface area (Å²) in [6.45, 7) is 0. The van der Waals surface area contributed by atoms with Crippen LogP contribution >= 0.6 is 0 Å². The number of nitrogens with one attached hydrogen (secondary N) is 1. The average Bonchev–Trinajstić information content (AvgIpc) is 3.17. The normalized spacial score (nSPS) is 11.4. The van der Waals surface area contributed by atoms with E-state index < -0.39 is 0 Å². The molecule has 0 bridgehead atoms. The predicted octanol–water partition coefficient (Wildman–Crippen LogP) is 10.6. The molecule has 7 aromatic carbocycles. The van der Waals surface area contributed by atoms with Gasteiger partial charge in [-0.3, -0.25) is 5.41 Å². The SMILES string of the molecule is N#Cc1ccc(-c2ccc(-c3c(-c4ccc(C=NC(=NC(=N)c5ccccc5)c5ccccc5)cc4)ccc4ccccc34)cc2)cc1. The summed E-state index contributed by atoms with van der Waals surface area (Å²) >= 11 is 0. The maximum absolute atomic E-state index is 9.17. The molecule has 4 heteroatoms. The predicted molar refractivity (Wildman–Crippen MR) is 199 cm³/mol. The molecular formula is C44H30N4. The molecule has 0 aliphatic heterocycles. The average molecular weight is 615 g/mol. The molecule has 0 heterocycles. The largest absolute Gasteiger partial charge is 0.282 e. The number of aliphatic imine (C=N–C) groups is 2. The molecule has 0 amide bonds. The smallest absolute Gasteiger partial charge is 0.161 e. The lowest BCUT2D eigenvalue weighted by Crippen LogP contribution is -2.04. The molecular weight excluding hydrogens is 585 g/mol. The Morgan fingerprint density at radius 1 is 0.542 bits per heavy atom. The Hall–Kier alpha value is -6.70. The van der Waals surface area contributed by atoms with Gasteiger partial charge < -0.3 is 0 Å². The van der Waals surface area contributed by atoms with Crippen LogP contribution in [0, 0.1) is 16.7 Å². The van der Waals surface area contributed by atoms with Crippen molar-refractivity contribution in [1.82, 2.24) is 0 Å². The Kier molecular flexibility index (Phi) is 8.58. The van der Waals surface area contributed by atoms with Gasteiger partial charge in [-0.05, 0) is 61.8 Å². The monoisotopic (exact) mass is 614 g/mol. The van der Waals surface area contributed by atoms with E-state index in [0.29, 0.717) is 11.4 Å². The van der Waals surface area contributed by atoms with Crippen LogP contribution in [-0.4, -0.2) is 17.9 Å². The highest BCUT2D eigenvalue weighted by molar-refractivity contribution is 6.13. The first-order chi connectivity index (χ1) is 23.7. The van der Waals surface area contributed by atoms with Crippen LogP contribution in [-0.2, 0) is 0 Å². The third-order valence-corrected chi connectivity index (χ3v) is 8.30. The van der Waals surface area contributed by atoms with E-state index in [2.05, 4.69) is 96.0 Å². The van der Waals surface area contributed by atoms with Crippen LogP contribution in [0.3, 0.4) is 0 Å². The van der Waals surface area contributed by atoms with Crippen molar-refractivity contribution in [2.45, 2.75) is 0 Å².